The van der Waals surface area contributed by atoms with Gasteiger partial charge >= 0.3 is 0 Å². The maximum Gasteiger partial charge on any atom is 0.184 e. The van der Waals surface area contributed by atoms with Gasteiger partial charge in [0.25, 0.3) is 0 Å². The molecule has 0 radical (unpaired) electrons. The van der Waals surface area contributed by atoms with Crippen LogP contribution in [-0.2, 0) is 12.0 Å². The lowest BCUT2D eigenvalue weighted by molar-refractivity contribution is 0.157. The molecule has 164 valence electrons. The maximum absolute atomic E-state index is 7.13. The van der Waals surface area contributed by atoms with E-state index in [1.165, 1.54) is 5.56 Å². The largest absolute Gasteiger partial charge is 0.471 e. The van der Waals surface area contributed by atoms with Crippen LogP contribution in [0.25, 0.3) is 10.9 Å². The van der Waals surface area contributed by atoms with Crippen LogP contribution in [0.15, 0.2) is 115 Å². The molecule has 0 bridgehead atoms. The van der Waals surface area contributed by atoms with Crippen molar-refractivity contribution in [2.24, 2.45) is 5.73 Å². The van der Waals surface area contributed by atoms with Gasteiger partial charge in [-0.15, -0.1) is 0 Å². The quantitative estimate of drug-likeness (QED) is 0.291. The van der Waals surface area contributed by atoms with Gasteiger partial charge < -0.3 is 15.5 Å². The average molecular weight is 433 g/mol. The first kappa shape index (κ1) is 21.0. The lowest BCUT2D eigenvalue weighted by Gasteiger charge is -2.36. The van der Waals surface area contributed by atoms with Crippen LogP contribution in [0.4, 0.5) is 0 Å². The van der Waals surface area contributed by atoms with Crippen molar-refractivity contribution in [3.8, 4) is 5.75 Å². The van der Waals surface area contributed by atoms with Gasteiger partial charge in [-0.1, -0.05) is 103 Å². The SMILES string of the molecule is C[C@@H](N)Cc1c[nH]c2c(OC(c3ccccc3)(c3ccccc3)c3ccccc3)cccc12. The molecule has 5 rings (SSSR count). The van der Waals surface area contributed by atoms with Crippen LogP contribution in [-0.4, -0.2) is 11.0 Å². The number of H-pyrrole nitrogens is 1. The highest BCUT2D eigenvalue weighted by Gasteiger charge is 2.39. The molecule has 0 aliphatic heterocycles. The van der Waals surface area contributed by atoms with Crippen LogP contribution in [0.3, 0.4) is 0 Å². The number of benzene rings is 4. The average Bonchev–Trinajstić information content (AvgIpc) is 3.27. The molecule has 0 spiro atoms. The van der Waals surface area contributed by atoms with Gasteiger partial charge in [-0.2, -0.15) is 0 Å². The summed E-state index contributed by atoms with van der Waals surface area (Å²) in [4.78, 5) is 3.46. The highest BCUT2D eigenvalue weighted by molar-refractivity contribution is 5.88. The second kappa shape index (κ2) is 8.97. The molecular formula is C30H28N2O. The van der Waals surface area contributed by atoms with Gasteiger partial charge in [0.2, 0.25) is 0 Å². The van der Waals surface area contributed by atoms with E-state index in [4.69, 9.17) is 10.5 Å². The summed E-state index contributed by atoms with van der Waals surface area (Å²) < 4.78 is 7.13. The molecule has 0 aliphatic rings. The molecule has 0 saturated heterocycles. The van der Waals surface area contributed by atoms with E-state index in [0.717, 1.165) is 39.8 Å². The zero-order valence-electron chi connectivity index (χ0n) is 18.7. The predicted octanol–water partition coefficient (Wildman–Crippen LogP) is 6.43. The number of aromatic amines is 1. The molecule has 1 atom stereocenters. The summed E-state index contributed by atoms with van der Waals surface area (Å²) in [5, 5.41) is 1.15. The van der Waals surface area contributed by atoms with E-state index in [-0.39, 0.29) is 6.04 Å². The van der Waals surface area contributed by atoms with Crippen molar-refractivity contribution >= 4 is 10.9 Å². The number of rotatable bonds is 7. The van der Waals surface area contributed by atoms with E-state index < -0.39 is 5.60 Å². The summed E-state index contributed by atoms with van der Waals surface area (Å²) >= 11 is 0. The molecule has 4 aromatic carbocycles. The van der Waals surface area contributed by atoms with Crippen molar-refractivity contribution in [2.45, 2.75) is 25.0 Å². The fraction of sp³-hybridized carbons (Fsp3) is 0.133. The second-order valence-corrected chi connectivity index (χ2v) is 8.56. The number of para-hydroxylation sites is 1. The molecule has 0 fully saturated rings. The highest BCUT2D eigenvalue weighted by atomic mass is 16.5. The zero-order chi connectivity index (χ0) is 22.7. The van der Waals surface area contributed by atoms with E-state index in [0.29, 0.717) is 0 Å². The molecule has 0 unspecified atom stereocenters. The second-order valence-electron chi connectivity index (χ2n) is 8.56. The van der Waals surface area contributed by atoms with Gasteiger partial charge in [-0.25, -0.2) is 0 Å². The fourth-order valence-electron chi connectivity index (χ4n) is 4.65. The molecule has 0 amide bonds. The molecule has 0 aliphatic carbocycles. The Bertz CT molecular complexity index is 1230. The topological polar surface area (TPSA) is 51.0 Å². The number of nitrogens with one attached hydrogen (secondary N) is 1. The van der Waals surface area contributed by atoms with Gasteiger partial charge in [0, 0.05) is 34.3 Å². The number of aromatic nitrogens is 1. The molecule has 3 heteroatoms. The first-order valence-electron chi connectivity index (χ1n) is 11.4. The van der Waals surface area contributed by atoms with Crippen molar-refractivity contribution < 1.29 is 4.74 Å². The van der Waals surface area contributed by atoms with Crippen LogP contribution < -0.4 is 10.5 Å². The summed E-state index contributed by atoms with van der Waals surface area (Å²) in [5.74, 6) is 0.806. The van der Waals surface area contributed by atoms with Gasteiger partial charge in [0.05, 0.1) is 5.52 Å². The monoisotopic (exact) mass is 432 g/mol. The summed E-state index contributed by atoms with van der Waals surface area (Å²) in [6, 6.07) is 37.6. The summed E-state index contributed by atoms with van der Waals surface area (Å²) in [6.07, 6.45) is 2.86. The highest BCUT2D eigenvalue weighted by Crippen LogP contribution is 2.43. The predicted molar refractivity (Wildman–Crippen MR) is 135 cm³/mol. The molecule has 0 saturated carbocycles. The van der Waals surface area contributed by atoms with Crippen molar-refractivity contribution in [1.82, 2.24) is 4.98 Å². The lowest BCUT2D eigenvalue weighted by Crippen LogP contribution is -2.36. The molecule has 3 N–H and O–H groups in total. The number of fused-ring (bicyclic) bond motifs is 1. The third-order valence-electron chi connectivity index (χ3n) is 6.11. The molecule has 5 aromatic rings. The van der Waals surface area contributed by atoms with E-state index in [1.54, 1.807) is 0 Å². The van der Waals surface area contributed by atoms with Crippen molar-refractivity contribution in [3.05, 3.63) is 138 Å². The summed E-state index contributed by atoms with van der Waals surface area (Å²) in [5.41, 5.74) is 10.7. The maximum atomic E-state index is 7.13. The number of nitrogens with two attached hydrogens (primary N) is 1. The number of ether oxygens (including phenoxy) is 1. The molecular weight excluding hydrogens is 404 g/mol. The minimum atomic E-state index is -0.815. The van der Waals surface area contributed by atoms with Gasteiger partial charge in [0.1, 0.15) is 5.75 Å². The molecule has 33 heavy (non-hydrogen) atoms. The third kappa shape index (κ3) is 3.92. The standard InChI is InChI=1S/C30H28N2O/c1-22(31)20-23-21-32-29-27(23)18-11-19-28(29)33-30(24-12-5-2-6-13-24,25-14-7-3-8-15-25)26-16-9-4-10-17-26/h2-19,21-22,32H,20,31H2,1H3/t22-/m1/s1. The van der Waals surface area contributed by atoms with Gasteiger partial charge in [0.15, 0.2) is 5.60 Å². The first-order valence-corrected chi connectivity index (χ1v) is 11.4. The van der Waals surface area contributed by atoms with Crippen LogP contribution in [0.1, 0.15) is 29.2 Å². The minimum Gasteiger partial charge on any atom is -0.471 e. The Hall–Kier alpha value is -3.82. The smallest absolute Gasteiger partial charge is 0.184 e. The van der Waals surface area contributed by atoms with Crippen LogP contribution in [0.5, 0.6) is 5.75 Å². The van der Waals surface area contributed by atoms with Gasteiger partial charge in [-0.05, 0) is 25.0 Å². The van der Waals surface area contributed by atoms with Crippen molar-refractivity contribution in [1.29, 1.82) is 0 Å². The molecule has 3 nitrogen and oxygen atoms in total. The van der Waals surface area contributed by atoms with E-state index in [1.807, 2.05) is 31.2 Å². The van der Waals surface area contributed by atoms with Crippen LogP contribution in [0, 0.1) is 0 Å². The zero-order valence-corrected chi connectivity index (χ0v) is 18.7. The fourth-order valence-corrected chi connectivity index (χ4v) is 4.65. The third-order valence-corrected chi connectivity index (χ3v) is 6.11. The van der Waals surface area contributed by atoms with Crippen LogP contribution >= 0.6 is 0 Å². The van der Waals surface area contributed by atoms with Gasteiger partial charge in [-0.3, -0.25) is 0 Å². The van der Waals surface area contributed by atoms with E-state index in [9.17, 15) is 0 Å². The Kier molecular flexibility index (Phi) is 5.72. The van der Waals surface area contributed by atoms with Crippen molar-refractivity contribution in [3.63, 3.8) is 0 Å². The first-order chi connectivity index (χ1) is 16.2. The summed E-state index contributed by atoms with van der Waals surface area (Å²) in [7, 11) is 0. The lowest BCUT2D eigenvalue weighted by atomic mass is 9.80. The number of hydrogen-bond acceptors (Lipinski definition) is 2. The Balaban J connectivity index is 1.75. The minimum absolute atomic E-state index is 0.0885. The van der Waals surface area contributed by atoms with Crippen molar-refractivity contribution in [2.75, 3.05) is 0 Å². The Morgan fingerprint density at radius 2 is 1.24 bits per heavy atom. The van der Waals surface area contributed by atoms with Crippen LogP contribution in [0.2, 0.25) is 0 Å². The van der Waals surface area contributed by atoms with E-state index in [2.05, 4.69) is 96.1 Å². The summed E-state index contributed by atoms with van der Waals surface area (Å²) in [6.45, 7) is 2.03. The number of hydrogen-bond donors (Lipinski definition) is 2. The Morgan fingerprint density at radius 1 is 0.727 bits per heavy atom. The Morgan fingerprint density at radius 3 is 1.73 bits per heavy atom. The normalized spacial score (nSPS) is 12.5. The van der Waals surface area contributed by atoms with E-state index >= 15 is 0 Å². The Labute approximate surface area is 194 Å². The molecule has 1 aromatic heterocycles. The molecule has 1 heterocycles.